The molecule has 0 saturated heterocycles. The SMILES string of the molecule is CSc1ccc(C(=O)C(=O)SCCOCCSC(=O)C(=O)c2ccc(SC)cc2)cc1. The molecule has 2 aromatic rings. The number of rotatable bonds is 12. The van der Waals surface area contributed by atoms with Crippen molar-refractivity contribution in [3.63, 3.8) is 0 Å². The van der Waals surface area contributed by atoms with Crippen molar-refractivity contribution in [2.24, 2.45) is 0 Å². The third-order valence-electron chi connectivity index (χ3n) is 4.00. The number of hydrogen-bond acceptors (Lipinski definition) is 9. The van der Waals surface area contributed by atoms with Gasteiger partial charge in [0.1, 0.15) is 0 Å². The van der Waals surface area contributed by atoms with Crippen LogP contribution in [-0.2, 0) is 14.3 Å². The van der Waals surface area contributed by atoms with Crippen molar-refractivity contribution in [3.05, 3.63) is 59.7 Å². The lowest BCUT2D eigenvalue weighted by Crippen LogP contribution is -2.13. The Bertz CT molecular complexity index is 835. The summed E-state index contributed by atoms with van der Waals surface area (Å²) in [6.45, 7) is 0.544. The van der Waals surface area contributed by atoms with Crippen LogP contribution in [0.5, 0.6) is 0 Å². The molecule has 0 radical (unpaired) electrons. The maximum atomic E-state index is 12.1. The molecule has 2 rings (SSSR count). The number of ketones is 2. The van der Waals surface area contributed by atoms with E-state index in [1.165, 1.54) is 0 Å². The van der Waals surface area contributed by atoms with Gasteiger partial charge in [0.05, 0.1) is 13.2 Å². The van der Waals surface area contributed by atoms with Gasteiger partial charge in [-0.15, -0.1) is 23.5 Å². The maximum absolute atomic E-state index is 12.1. The highest BCUT2D eigenvalue weighted by atomic mass is 32.2. The van der Waals surface area contributed by atoms with Crippen LogP contribution in [0.4, 0.5) is 0 Å². The number of carbonyl (C=O) groups is 4. The number of carbonyl (C=O) groups excluding carboxylic acids is 4. The van der Waals surface area contributed by atoms with Crippen LogP contribution < -0.4 is 0 Å². The quantitative estimate of drug-likeness (QED) is 0.180. The van der Waals surface area contributed by atoms with Crippen molar-refractivity contribution in [1.82, 2.24) is 0 Å². The molecule has 2 aromatic carbocycles. The fraction of sp³-hybridized carbons (Fsp3) is 0.273. The Morgan fingerprint density at radius 1 is 0.645 bits per heavy atom. The Morgan fingerprint density at radius 2 is 1.00 bits per heavy atom. The molecule has 0 atom stereocenters. The summed E-state index contributed by atoms with van der Waals surface area (Å²) in [5, 5.41) is -1.05. The predicted molar refractivity (Wildman–Crippen MR) is 131 cm³/mol. The molecule has 0 bridgehead atoms. The third-order valence-corrected chi connectivity index (χ3v) is 7.12. The van der Waals surface area contributed by atoms with E-state index in [0.717, 1.165) is 33.3 Å². The van der Waals surface area contributed by atoms with Gasteiger partial charge in [0, 0.05) is 32.4 Å². The van der Waals surface area contributed by atoms with E-state index in [1.807, 2.05) is 36.8 Å². The van der Waals surface area contributed by atoms with Gasteiger partial charge in [-0.3, -0.25) is 19.2 Å². The van der Waals surface area contributed by atoms with Gasteiger partial charge in [-0.1, -0.05) is 23.5 Å². The van der Waals surface area contributed by atoms with Crippen LogP contribution in [0.25, 0.3) is 0 Å². The van der Waals surface area contributed by atoms with E-state index in [0.29, 0.717) is 22.6 Å². The molecule has 0 saturated carbocycles. The summed E-state index contributed by atoms with van der Waals surface area (Å²) in [4.78, 5) is 50.3. The highest BCUT2D eigenvalue weighted by Gasteiger charge is 2.17. The van der Waals surface area contributed by atoms with Crippen LogP contribution in [0.3, 0.4) is 0 Å². The minimum Gasteiger partial charge on any atom is -0.380 e. The van der Waals surface area contributed by atoms with Crippen LogP contribution in [0.15, 0.2) is 58.3 Å². The average Bonchev–Trinajstić information content (AvgIpc) is 2.82. The number of thioether (sulfide) groups is 4. The van der Waals surface area contributed by atoms with Crippen molar-refractivity contribution in [2.45, 2.75) is 9.79 Å². The van der Waals surface area contributed by atoms with Gasteiger partial charge in [0.2, 0.25) is 11.6 Å². The van der Waals surface area contributed by atoms with Crippen molar-refractivity contribution >= 4 is 68.8 Å². The van der Waals surface area contributed by atoms with E-state index >= 15 is 0 Å². The number of Topliss-reactive ketones (excluding diaryl/α,β-unsaturated/α-hetero) is 2. The van der Waals surface area contributed by atoms with Gasteiger partial charge < -0.3 is 4.74 Å². The fourth-order valence-corrected chi connectivity index (χ4v) is 4.43. The number of ether oxygens (including phenoxy) is 1. The molecule has 0 N–H and O–H groups in total. The molecule has 0 spiro atoms. The van der Waals surface area contributed by atoms with E-state index < -0.39 is 21.8 Å². The molecule has 9 heteroatoms. The Balaban J connectivity index is 1.60. The van der Waals surface area contributed by atoms with E-state index in [2.05, 4.69) is 0 Å². The summed E-state index contributed by atoms with van der Waals surface area (Å²) in [5.41, 5.74) is 0.748. The first kappa shape index (κ1) is 25.7. The molecule has 0 amide bonds. The first-order chi connectivity index (χ1) is 15.0. The van der Waals surface area contributed by atoms with Crippen molar-refractivity contribution < 1.29 is 23.9 Å². The van der Waals surface area contributed by atoms with Crippen LogP contribution in [0.1, 0.15) is 20.7 Å². The van der Waals surface area contributed by atoms with Crippen LogP contribution >= 0.6 is 47.0 Å². The zero-order chi connectivity index (χ0) is 22.6. The molecule has 0 aliphatic rings. The summed E-state index contributed by atoms with van der Waals surface area (Å²) < 4.78 is 5.39. The predicted octanol–water partition coefficient (Wildman–Crippen LogP) is 4.73. The smallest absolute Gasteiger partial charge is 0.260 e. The zero-order valence-electron chi connectivity index (χ0n) is 17.1. The lowest BCUT2D eigenvalue weighted by Gasteiger charge is -2.04. The molecule has 0 fully saturated rings. The summed E-state index contributed by atoms with van der Waals surface area (Å²) in [5.74, 6) is -0.370. The standard InChI is InChI=1S/C22H22O5S4/c1-28-17-7-3-15(4-8-17)19(23)21(25)30-13-11-27-12-14-31-22(26)20(24)16-5-9-18(29-2)10-6-16/h3-10H,11-14H2,1-2H3. The molecule has 0 heterocycles. The molecule has 0 aliphatic carbocycles. The minimum atomic E-state index is -0.525. The number of hydrogen-bond donors (Lipinski definition) is 0. The highest BCUT2D eigenvalue weighted by molar-refractivity contribution is 8.15. The van der Waals surface area contributed by atoms with Crippen molar-refractivity contribution in [1.29, 1.82) is 0 Å². The van der Waals surface area contributed by atoms with E-state index in [-0.39, 0.29) is 13.2 Å². The van der Waals surface area contributed by atoms with Crippen LogP contribution in [0, 0.1) is 0 Å². The van der Waals surface area contributed by atoms with E-state index in [4.69, 9.17) is 4.74 Å². The Hall–Kier alpha value is -1.52. The molecular formula is C22H22O5S4. The molecule has 5 nitrogen and oxygen atoms in total. The molecule has 0 aromatic heterocycles. The largest absolute Gasteiger partial charge is 0.380 e. The third kappa shape index (κ3) is 8.50. The normalized spacial score (nSPS) is 10.6. The van der Waals surface area contributed by atoms with Crippen molar-refractivity contribution in [2.75, 3.05) is 37.2 Å². The minimum absolute atomic E-state index is 0.272. The van der Waals surface area contributed by atoms with Gasteiger partial charge >= 0.3 is 0 Å². The first-order valence-electron chi connectivity index (χ1n) is 9.25. The van der Waals surface area contributed by atoms with E-state index in [9.17, 15) is 19.2 Å². The second-order valence-electron chi connectivity index (χ2n) is 6.00. The van der Waals surface area contributed by atoms with E-state index in [1.54, 1.807) is 47.8 Å². The van der Waals surface area contributed by atoms with Gasteiger partial charge in [0.25, 0.3) is 10.2 Å². The Kier molecular flexibility index (Phi) is 11.5. The molecule has 0 unspecified atom stereocenters. The molecular weight excluding hydrogens is 473 g/mol. The second-order valence-corrected chi connectivity index (χ2v) is 9.89. The fourth-order valence-electron chi connectivity index (χ4n) is 2.34. The van der Waals surface area contributed by atoms with Crippen LogP contribution in [0.2, 0.25) is 0 Å². The molecule has 31 heavy (non-hydrogen) atoms. The monoisotopic (exact) mass is 494 g/mol. The lowest BCUT2D eigenvalue weighted by molar-refractivity contribution is -0.108. The topological polar surface area (TPSA) is 77.5 Å². The van der Waals surface area contributed by atoms with Crippen LogP contribution in [-0.4, -0.2) is 59.0 Å². The summed E-state index contributed by atoms with van der Waals surface area (Å²) in [7, 11) is 0. The summed E-state index contributed by atoms with van der Waals surface area (Å²) >= 11 is 4.95. The highest BCUT2D eigenvalue weighted by Crippen LogP contribution is 2.18. The maximum Gasteiger partial charge on any atom is 0.260 e. The number of benzene rings is 2. The molecule has 164 valence electrons. The van der Waals surface area contributed by atoms with Gasteiger partial charge in [0.15, 0.2) is 0 Å². The Labute approximate surface area is 198 Å². The molecule has 0 aliphatic heterocycles. The van der Waals surface area contributed by atoms with Crippen molar-refractivity contribution in [3.8, 4) is 0 Å². The summed E-state index contributed by atoms with van der Waals surface area (Å²) in [6, 6.07) is 13.8. The van der Waals surface area contributed by atoms with Gasteiger partial charge in [-0.2, -0.15) is 0 Å². The summed E-state index contributed by atoms with van der Waals surface area (Å²) in [6.07, 6.45) is 3.88. The zero-order valence-corrected chi connectivity index (χ0v) is 20.4. The Morgan fingerprint density at radius 3 is 1.32 bits per heavy atom. The first-order valence-corrected chi connectivity index (χ1v) is 13.7. The van der Waals surface area contributed by atoms with Gasteiger partial charge in [-0.05, 0) is 61.0 Å². The average molecular weight is 495 g/mol. The lowest BCUT2D eigenvalue weighted by atomic mass is 10.1. The van der Waals surface area contributed by atoms with Gasteiger partial charge in [-0.25, -0.2) is 0 Å². The second kappa shape index (κ2) is 13.8.